The minimum Gasteiger partial charge on any atom is -0.421 e. The standard InChI is InChI=1S/C9H13NO3S/c1-7(2)9(11)13-8(12-6-10)4-3-5-14/h8,14H,1,3-5H2,2H3. The predicted octanol–water partition coefficient (Wildman–Crippen LogP) is 1.64. The molecule has 0 N–H and O–H groups in total. The van der Waals surface area contributed by atoms with Gasteiger partial charge in [-0.1, -0.05) is 6.58 Å². The summed E-state index contributed by atoms with van der Waals surface area (Å²) in [6.07, 6.45) is 1.83. The maximum absolute atomic E-state index is 11.1. The van der Waals surface area contributed by atoms with Gasteiger partial charge in [-0.25, -0.2) is 4.79 Å². The van der Waals surface area contributed by atoms with Crippen molar-refractivity contribution in [3.05, 3.63) is 12.2 Å². The highest BCUT2D eigenvalue weighted by atomic mass is 32.1. The largest absolute Gasteiger partial charge is 0.421 e. The third-order valence-corrected chi connectivity index (χ3v) is 1.69. The SMILES string of the molecule is C=C(C)C(=O)OC(CCCS)OC#N. The van der Waals surface area contributed by atoms with E-state index in [1.807, 2.05) is 0 Å². The smallest absolute Gasteiger partial charge is 0.336 e. The summed E-state index contributed by atoms with van der Waals surface area (Å²) in [7, 11) is 0. The molecular weight excluding hydrogens is 202 g/mol. The molecule has 0 fully saturated rings. The summed E-state index contributed by atoms with van der Waals surface area (Å²) in [5, 5.41) is 8.28. The highest BCUT2D eigenvalue weighted by molar-refractivity contribution is 7.80. The Hall–Kier alpha value is -1.15. The number of nitrogens with zero attached hydrogens (tertiary/aromatic N) is 1. The second-order valence-electron chi connectivity index (χ2n) is 2.69. The van der Waals surface area contributed by atoms with Crippen LogP contribution in [0.25, 0.3) is 0 Å². The fourth-order valence-electron chi connectivity index (χ4n) is 0.679. The van der Waals surface area contributed by atoms with Gasteiger partial charge in [0.15, 0.2) is 0 Å². The van der Waals surface area contributed by atoms with Crippen LogP contribution >= 0.6 is 12.6 Å². The number of hydrogen-bond acceptors (Lipinski definition) is 5. The van der Waals surface area contributed by atoms with Crippen molar-refractivity contribution in [2.45, 2.75) is 26.1 Å². The zero-order chi connectivity index (χ0) is 11.0. The van der Waals surface area contributed by atoms with Gasteiger partial charge in [0.05, 0.1) is 0 Å². The van der Waals surface area contributed by atoms with Gasteiger partial charge in [-0.05, 0) is 19.1 Å². The fraction of sp³-hybridized carbons (Fsp3) is 0.556. The molecule has 0 saturated carbocycles. The van der Waals surface area contributed by atoms with Gasteiger partial charge >= 0.3 is 5.97 Å². The monoisotopic (exact) mass is 215 g/mol. The molecule has 0 radical (unpaired) electrons. The maximum atomic E-state index is 11.1. The normalized spacial score (nSPS) is 11.2. The van der Waals surface area contributed by atoms with Crippen LogP contribution in [0, 0.1) is 11.5 Å². The highest BCUT2D eigenvalue weighted by Crippen LogP contribution is 2.07. The lowest BCUT2D eigenvalue weighted by molar-refractivity contribution is -0.163. The summed E-state index contributed by atoms with van der Waals surface area (Å²) < 4.78 is 9.39. The first-order valence-corrected chi connectivity index (χ1v) is 4.77. The predicted molar refractivity (Wildman–Crippen MR) is 54.5 cm³/mol. The van der Waals surface area contributed by atoms with Crippen molar-refractivity contribution in [3.63, 3.8) is 0 Å². The Morgan fingerprint density at radius 1 is 1.71 bits per heavy atom. The molecule has 78 valence electrons. The zero-order valence-electron chi connectivity index (χ0n) is 8.02. The van der Waals surface area contributed by atoms with E-state index < -0.39 is 12.3 Å². The van der Waals surface area contributed by atoms with E-state index in [-0.39, 0.29) is 5.57 Å². The van der Waals surface area contributed by atoms with Gasteiger partial charge in [0.1, 0.15) is 0 Å². The summed E-state index contributed by atoms with van der Waals surface area (Å²) >= 11 is 4.00. The number of thiol groups is 1. The Bertz CT molecular complexity index is 247. The van der Waals surface area contributed by atoms with E-state index in [1.54, 1.807) is 0 Å². The lowest BCUT2D eigenvalue weighted by Gasteiger charge is -2.13. The molecule has 14 heavy (non-hydrogen) atoms. The molecule has 4 nitrogen and oxygen atoms in total. The molecule has 0 aromatic heterocycles. The Balaban J connectivity index is 4.02. The molecule has 0 aromatic carbocycles. The van der Waals surface area contributed by atoms with Gasteiger partial charge in [0.25, 0.3) is 12.5 Å². The fourth-order valence-corrected chi connectivity index (χ4v) is 0.861. The number of carbonyl (C=O) groups excluding carboxylic acids is 1. The number of ether oxygens (including phenoxy) is 2. The van der Waals surface area contributed by atoms with Gasteiger partial charge < -0.3 is 9.47 Å². The van der Waals surface area contributed by atoms with Crippen molar-refractivity contribution in [1.29, 1.82) is 5.26 Å². The first-order valence-electron chi connectivity index (χ1n) is 4.14. The molecule has 0 rings (SSSR count). The van der Waals surface area contributed by atoms with E-state index in [4.69, 9.17) is 10.00 Å². The number of esters is 1. The average Bonchev–Trinajstić information content (AvgIpc) is 2.14. The summed E-state index contributed by atoms with van der Waals surface area (Å²) in [4.78, 5) is 11.1. The molecule has 0 amide bonds. The van der Waals surface area contributed by atoms with Gasteiger partial charge in [0, 0.05) is 12.0 Å². The van der Waals surface area contributed by atoms with Crippen molar-refractivity contribution < 1.29 is 14.3 Å². The first-order chi connectivity index (χ1) is 6.61. The molecule has 0 aliphatic carbocycles. The molecule has 5 heteroatoms. The van der Waals surface area contributed by atoms with Crippen LogP contribution in [0.4, 0.5) is 0 Å². The minimum absolute atomic E-state index is 0.280. The summed E-state index contributed by atoms with van der Waals surface area (Å²) in [6.45, 7) is 4.95. The average molecular weight is 215 g/mol. The molecule has 0 bridgehead atoms. The lowest BCUT2D eigenvalue weighted by atomic mass is 10.3. The second kappa shape index (κ2) is 7.27. The Morgan fingerprint density at radius 3 is 2.79 bits per heavy atom. The van der Waals surface area contributed by atoms with Crippen LogP contribution in [0.1, 0.15) is 19.8 Å². The van der Waals surface area contributed by atoms with Crippen LogP contribution in [0.2, 0.25) is 0 Å². The summed E-state index contributed by atoms with van der Waals surface area (Å²) in [6, 6.07) is 0. The van der Waals surface area contributed by atoms with Crippen molar-refractivity contribution in [2.24, 2.45) is 0 Å². The van der Waals surface area contributed by atoms with Crippen LogP contribution in [-0.2, 0) is 14.3 Å². The summed E-state index contributed by atoms with van der Waals surface area (Å²) in [5.74, 6) is 0.0973. The van der Waals surface area contributed by atoms with Crippen LogP contribution in [0.3, 0.4) is 0 Å². The van der Waals surface area contributed by atoms with Crippen LogP contribution in [0.15, 0.2) is 12.2 Å². The molecule has 0 spiro atoms. The molecule has 0 aliphatic rings. The van der Waals surface area contributed by atoms with Crippen molar-refractivity contribution >= 4 is 18.6 Å². The van der Waals surface area contributed by atoms with E-state index >= 15 is 0 Å². The zero-order valence-corrected chi connectivity index (χ0v) is 8.92. The molecule has 1 atom stereocenters. The topological polar surface area (TPSA) is 59.3 Å². The molecule has 1 unspecified atom stereocenters. The molecular formula is C9H13NO3S. The molecule has 0 heterocycles. The van der Waals surface area contributed by atoms with Crippen LogP contribution in [0.5, 0.6) is 0 Å². The van der Waals surface area contributed by atoms with Gasteiger partial charge in [-0.3, -0.25) is 0 Å². The number of carbonyl (C=O) groups is 1. The second-order valence-corrected chi connectivity index (χ2v) is 3.14. The Kier molecular flexibility index (Phi) is 6.68. The Morgan fingerprint density at radius 2 is 2.36 bits per heavy atom. The van der Waals surface area contributed by atoms with Crippen LogP contribution in [-0.4, -0.2) is 18.0 Å². The van der Waals surface area contributed by atoms with E-state index in [0.717, 1.165) is 0 Å². The maximum Gasteiger partial charge on any atom is 0.336 e. The lowest BCUT2D eigenvalue weighted by Crippen LogP contribution is -2.20. The van der Waals surface area contributed by atoms with Crippen molar-refractivity contribution in [2.75, 3.05) is 5.75 Å². The first kappa shape index (κ1) is 12.8. The van der Waals surface area contributed by atoms with E-state index in [9.17, 15) is 4.79 Å². The number of hydrogen-bond donors (Lipinski definition) is 1. The number of nitriles is 1. The molecule has 0 aliphatic heterocycles. The van der Waals surface area contributed by atoms with Gasteiger partial charge in [-0.2, -0.15) is 17.9 Å². The third-order valence-electron chi connectivity index (χ3n) is 1.37. The third kappa shape index (κ3) is 5.49. The van der Waals surface area contributed by atoms with E-state index in [0.29, 0.717) is 18.6 Å². The van der Waals surface area contributed by atoms with Crippen LogP contribution < -0.4 is 0 Å². The highest BCUT2D eigenvalue weighted by Gasteiger charge is 2.15. The summed E-state index contributed by atoms with van der Waals surface area (Å²) in [5.41, 5.74) is 0.280. The van der Waals surface area contributed by atoms with Crippen molar-refractivity contribution in [3.8, 4) is 6.26 Å². The number of rotatable bonds is 6. The quantitative estimate of drug-likeness (QED) is 0.240. The van der Waals surface area contributed by atoms with Crippen molar-refractivity contribution in [1.82, 2.24) is 0 Å². The van der Waals surface area contributed by atoms with Gasteiger partial charge in [-0.15, -0.1) is 0 Å². The Labute approximate surface area is 88.9 Å². The minimum atomic E-state index is -0.823. The van der Waals surface area contributed by atoms with E-state index in [2.05, 4.69) is 23.9 Å². The molecule has 0 aromatic rings. The van der Waals surface area contributed by atoms with E-state index in [1.165, 1.54) is 13.2 Å². The molecule has 0 saturated heterocycles. The van der Waals surface area contributed by atoms with Gasteiger partial charge in [0.2, 0.25) is 0 Å².